The molecule has 0 bridgehead atoms. The number of hydrogen-bond acceptors (Lipinski definition) is 5. The molecule has 0 saturated heterocycles. The SMILES string of the molecule is C[C@@H](C#N)OC(=O)c1cc(=O)c2cc(Cl)ccc2o1. The molecule has 5 nitrogen and oxygen atoms in total. The van der Waals surface area contributed by atoms with Gasteiger partial charge in [-0.3, -0.25) is 4.79 Å². The summed E-state index contributed by atoms with van der Waals surface area (Å²) in [6.07, 6.45) is -0.918. The summed E-state index contributed by atoms with van der Waals surface area (Å²) in [5.41, 5.74) is -0.172. The Morgan fingerprint density at radius 2 is 2.21 bits per heavy atom. The van der Waals surface area contributed by atoms with Gasteiger partial charge in [0.25, 0.3) is 0 Å². The second-order valence-corrected chi connectivity index (χ2v) is 4.23. The number of fused-ring (bicyclic) bond motifs is 1. The lowest BCUT2D eigenvalue weighted by Gasteiger charge is -2.05. The summed E-state index contributed by atoms with van der Waals surface area (Å²) in [5, 5.41) is 9.23. The van der Waals surface area contributed by atoms with Crippen molar-refractivity contribution in [2.24, 2.45) is 0 Å². The number of carbonyl (C=O) groups excluding carboxylic acids is 1. The van der Waals surface area contributed by atoms with E-state index in [2.05, 4.69) is 0 Å². The molecule has 1 heterocycles. The van der Waals surface area contributed by atoms with Crippen molar-refractivity contribution in [3.05, 3.63) is 45.3 Å². The highest BCUT2D eigenvalue weighted by Crippen LogP contribution is 2.18. The largest absolute Gasteiger partial charge is 0.449 e. The molecule has 6 heteroatoms. The number of nitriles is 1. The third-order valence-corrected chi connectivity index (χ3v) is 2.59. The van der Waals surface area contributed by atoms with E-state index in [1.54, 1.807) is 12.1 Å². The molecule has 19 heavy (non-hydrogen) atoms. The van der Waals surface area contributed by atoms with E-state index in [9.17, 15) is 9.59 Å². The van der Waals surface area contributed by atoms with Gasteiger partial charge < -0.3 is 9.15 Å². The van der Waals surface area contributed by atoms with Gasteiger partial charge in [-0.25, -0.2) is 4.79 Å². The number of esters is 1. The van der Waals surface area contributed by atoms with Crippen LogP contribution in [0.3, 0.4) is 0 Å². The molecule has 0 aliphatic heterocycles. The van der Waals surface area contributed by atoms with E-state index in [1.807, 2.05) is 0 Å². The van der Waals surface area contributed by atoms with E-state index in [0.29, 0.717) is 5.02 Å². The summed E-state index contributed by atoms with van der Waals surface area (Å²) >= 11 is 5.77. The quantitative estimate of drug-likeness (QED) is 0.788. The van der Waals surface area contributed by atoms with Gasteiger partial charge in [0.05, 0.1) is 5.39 Å². The summed E-state index contributed by atoms with van der Waals surface area (Å²) in [4.78, 5) is 23.5. The van der Waals surface area contributed by atoms with Gasteiger partial charge in [0.1, 0.15) is 11.7 Å². The second kappa shape index (κ2) is 5.12. The molecule has 1 aromatic heterocycles. The molecule has 0 spiro atoms. The third kappa shape index (κ3) is 2.75. The first-order valence-corrected chi connectivity index (χ1v) is 5.73. The number of benzene rings is 1. The van der Waals surface area contributed by atoms with Gasteiger partial charge in [-0.1, -0.05) is 11.6 Å². The molecule has 0 N–H and O–H groups in total. The van der Waals surface area contributed by atoms with Gasteiger partial charge in [-0.05, 0) is 25.1 Å². The number of rotatable bonds is 2. The van der Waals surface area contributed by atoms with Crippen molar-refractivity contribution in [2.75, 3.05) is 0 Å². The molecule has 0 fully saturated rings. The second-order valence-electron chi connectivity index (χ2n) is 3.79. The Labute approximate surface area is 113 Å². The van der Waals surface area contributed by atoms with Crippen LogP contribution >= 0.6 is 11.6 Å². The van der Waals surface area contributed by atoms with Gasteiger partial charge in [0.15, 0.2) is 11.5 Å². The van der Waals surface area contributed by atoms with E-state index in [1.165, 1.54) is 19.1 Å². The fraction of sp³-hybridized carbons (Fsp3) is 0.154. The van der Waals surface area contributed by atoms with Crippen LogP contribution in [0, 0.1) is 11.3 Å². The van der Waals surface area contributed by atoms with Crippen molar-refractivity contribution in [2.45, 2.75) is 13.0 Å². The average molecular weight is 278 g/mol. The predicted octanol–water partition coefficient (Wildman–Crippen LogP) is 2.52. The lowest BCUT2D eigenvalue weighted by molar-refractivity contribution is 0.0399. The molecule has 0 aliphatic rings. The lowest BCUT2D eigenvalue weighted by Crippen LogP contribution is -2.15. The van der Waals surface area contributed by atoms with E-state index in [0.717, 1.165) is 6.07 Å². The van der Waals surface area contributed by atoms with Crippen LogP contribution in [0.2, 0.25) is 5.02 Å². The molecule has 0 amide bonds. The Bertz CT molecular complexity index is 744. The standard InChI is InChI=1S/C13H8ClNO4/c1-7(6-15)18-13(17)12-5-10(16)9-4-8(14)2-3-11(9)19-12/h2-5,7H,1H3/t7-/m0/s1. The summed E-state index contributed by atoms with van der Waals surface area (Å²) < 4.78 is 10.0. The zero-order valence-corrected chi connectivity index (χ0v) is 10.6. The smallest absolute Gasteiger partial charge is 0.375 e. The average Bonchev–Trinajstić information content (AvgIpc) is 2.39. The van der Waals surface area contributed by atoms with Gasteiger partial charge in [0.2, 0.25) is 5.76 Å². The molecule has 0 aliphatic carbocycles. The maximum Gasteiger partial charge on any atom is 0.375 e. The number of hydrogen-bond donors (Lipinski definition) is 0. The van der Waals surface area contributed by atoms with Crippen LogP contribution in [0.25, 0.3) is 11.0 Å². The first-order chi connectivity index (χ1) is 9.01. The van der Waals surface area contributed by atoms with Gasteiger partial charge in [-0.2, -0.15) is 5.26 Å². The van der Waals surface area contributed by atoms with E-state index in [-0.39, 0.29) is 16.7 Å². The fourth-order valence-electron chi connectivity index (χ4n) is 1.47. The topological polar surface area (TPSA) is 80.3 Å². The van der Waals surface area contributed by atoms with Crippen molar-refractivity contribution >= 4 is 28.5 Å². The Kier molecular flexibility index (Phi) is 3.54. The zero-order valence-electron chi connectivity index (χ0n) is 9.84. The molecular formula is C13H8ClNO4. The van der Waals surface area contributed by atoms with Crippen LogP contribution in [-0.2, 0) is 4.74 Å². The van der Waals surface area contributed by atoms with Crippen molar-refractivity contribution in [3.8, 4) is 6.07 Å². The van der Waals surface area contributed by atoms with Crippen molar-refractivity contribution in [1.82, 2.24) is 0 Å². The molecule has 0 saturated carbocycles. The number of ether oxygens (including phenoxy) is 1. The summed E-state index contributed by atoms with van der Waals surface area (Å²) in [7, 11) is 0. The third-order valence-electron chi connectivity index (χ3n) is 2.36. The Morgan fingerprint density at radius 3 is 2.89 bits per heavy atom. The van der Waals surface area contributed by atoms with Crippen molar-refractivity contribution in [1.29, 1.82) is 5.26 Å². The Balaban J connectivity index is 2.47. The van der Waals surface area contributed by atoms with Crippen LogP contribution in [0.1, 0.15) is 17.5 Å². The molecule has 1 atom stereocenters. The maximum atomic E-state index is 11.8. The van der Waals surface area contributed by atoms with Crippen LogP contribution in [0.15, 0.2) is 33.5 Å². The highest BCUT2D eigenvalue weighted by atomic mass is 35.5. The Hall–Kier alpha value is -2.32. The lowest BCUT2D eigenvalue weighted by atomic mass is 10.2. The van der Waals surface area contributed by atoms with Gasteiger partial charge in [0, 0.05) is 11.1 Å². The number of nitrogens with zero attached hydrogens (tertiary/aromatic N) is 1. The highest BCUT2D eigenvalue weighted by molar-refractivity contribution is 6.31. The summed E-state index contributed by atoms with van der Waals surface area (Å²) in [6, 6.07) is 7.25. The highest BCUT2D eigenvalue weighted by Gasteiger charge is 2.16. The van der Waals surface area contributed by atoms with Gasteiger partial charge in [-0.15, -0.1) is 0 Å². The molecule has 0 unspecified atom stereocenters. The van der Waals surface area contributed by atoms with Crippen molar-refractivity contribution < 1.29 is 13.9 Å². The van der Waals surface area contributed by atoms with Crippen molar-refractivity contribution in [3.63, 3.8) is 0 Å². The first-order valence-electron chi connectivity index (χ1n) is 5.35. The maximum absolute atomic E-state index is 11.8. The van der Waals surface area contributed by atoms with Crippen LogP contribution in [-0.4, -0.2) is 12.1 Å². The van der Waals surface area contributed by atoms with E-state index in [4.69, 9.17) is 26.0 Å². The monoisotopic (exact) mass is 277 g/mol. The molecule has 1 aromatic carbocycles. The molecule has 0 radical (unpaired) electrons. The van der Waals surface area contributed by atoms with Crippen LogP contribution in [0.5, 0.6) is 0 Å². The van der Waals surface area contributed by atoms with Crippen LogP contribution < -0.4 is 5.43 Å². The minimum Gasteiger partial charge on any atom is -0.449 e. The molecule has 2 rings (SSSR count). The minimum atomic E-state index is -0.918. The predicted molar refractivity (Wildman–Crippen MR) is 68.0 cm³/mol. The zero-order chi connectivity index (χ0) is 14.0. The molecule has 96 valence electrons. The number of carbonyl (C=O) groups is 1. The van der Waals surface area contributed by atoms with E-state index >= 15 is 0 Å². The summed E-state index contributed by atoms with van der Waals surface area (Å²) in [6.45, 7) is 1.41. The van der Waals surface area contributed by atoms with E-state index < -0.39 is 17.5 Å². The number of halogens is 1. The fourth-order valence-corrected chi connectivity index (χ4v) is 1.65. The van der Waals surface area contributed by atoms with Gasteiger partial charge >= 0.3 is 5.97 Å². The normalized spacial score (nSPS) is 11.8. The first kappa shape index (κ1) is 13.1. The Morgan fingerprint density at radius 1 is 1.47 bits per heavy atom. The van der Waals surface area contributed by atoms with Crippen LogP contribution in [0.4, 0.5) is 0 Å². The summed E-state index contributed by atoms with van der Waals surface area (Å²) in [5.74, 6) is -1.11. The minimum absolute atomic E-state index is 0.230. The molecule has 2 aromatic rings. The molecular weight excluding hydrogens is 270 g/mol.